The zero-order valence-corrected chi connectivity index (χ0v) is 11.0. The molecule has 0 saturated carbocycles. The molecule has 0 unspecified atom stereocenters. The van der Waals surface area contributed by atoms with Crippen molar-refractivity contribution in [3.8, 4) is 5.75 Å². The van der Waals surface area contributed by atoms with Crippen LogP contribution in [-0.4, -0.2) is 21.7 Å². The van der Waals surface area contributed by atoms with Crippen LogP contribution in [-0.2, 0) is 6.73 Å². The van der Waals surface area contributed by atoms with Crippen molar-refractivity contribution in [1.82, 2.24) is 15.1 Å². The van der Waals surface area contributed by atoms with Crippen LogP contribution in [0.5, 0.6) is 5.75 Å². The van der Waals surface area contributed by atoms with Crippen LogP contribution in [0.2, 0.25) is 0 Å². The largest absolute Gasteiger partial charge is 0.471 e. The van der Waals surface area contributed by atoms with Crippen LogP contribution in [0.25, 0.3) is 0 Å². The van der Waals surface area contributed by atoms with E-state index in [1.807, 2.05) is 44.2 Å². The summed E-state index contributed by atoms with van der Waals surface area (Å²) in [5, 5.41) is 6.95. The van der Waals surface area contributed by atoms with Gasteiger partial charge in [0.1, 0.15) is 11.4 Å². The number of carbonyl (C=O) groups excluding carboxylic acids is 1. The van der Waals surface area contributed by atoms with Gasteiger partial charge in [0, 0.05) is 12.2 Å². The molecule has 0 aliphatic rings. The number of ether oxygens (including phenoxy) is 1. The SMILES string of the molecule is CC(C)NC(=O)c1ccn(COc2ccccc2)n1. The standard InChI is InChI=1S/C14H17N3O2/c1-11(2)15-14(18)13-8-9-17(16-13)10-19-12-6-4-3-5-7-12/h3-9,11H,10H2,1-2H3,(H,15,18). The van der Waals surface area contributed by atoms with Gasteiger partial charge in [-0.3, -0.25) is 4.79 Å². The maximum Gasteiger partial charge on any atom is 0.271 e. The molecule has 1 heterocycles. The second kappa shape index (κ2) is 6.04. The maximum atomic E-state index is 11.7. The van der Waals surface area contributed by atoms with Crippen molar-refractivity contribution in [2.24, 2.45) is 0 Å². The van der Waals surface area contributed by atoms with Crippen molar-refractivity contribution in [3.05, 3.63) is 48.3 Å². The van der Waals surface area contributed by atoms with E-state index in [2.05, 4.69) is 10.4 Å². The molecular formula is C14H17N3O2. The summed E-state index contributed by atoms with van der Waals surface area (Å²) < 4.78 is 7.12. The molecule has 19 heavy (non-hydrogen) atoms. The van der Waals surface area contributed by atoms with Gasteiger partial charge in [0.25, 0.3) is 5.91 Å². The second-order valence-corrected chi connectivity index (χ2v) is 4.46. The van der Waals surface area contributed by atoms with Gasteiger partial charge in [-0.1, -0.05) is 18.2 Å². The summed E-state index contributed by atoms with van der Waals surface area (Å²) in [5.74, 6) is 0.597. The molecule has 2 rings (SSSR count). The van der Waals surface area contributed by atoms with Crippen LogP contribution in [0.4, 0.5) is 0 Å². The molecule has 0 bridgehead atoms. The fraction of sp³-hybridized carbons (Fsp3) is 0.286. The minimum Gasteiger partial charge on any atom is -0.471 e. The van der Waals surface area contributed by atoms with E-state index in [1.54, 1.807) is 16.9 Å². The van der Waals surface area contributed by atoms with E-state index in [0.29, 0.717) is 5.69 Å². The zero-order chi connectivity index (χ0) is 13.7. The third-order valence-corrected chi connectivity index (χ3v) is 2.40. The van der Waals surface area contributed by atoms with Crippen molar-refractivity contribution in [3.63, 3.8) is 0 Å². The first-order valence-corrected chi connectivity index (χ1v) is 6.17. The predicted molar refractivity (Wildman–Crippen MR) is 71.9 cm³/mol. The Hall–Kier alpha value is -2.30. The molecule has 2 aromatic rings. The van der Waals surface area contributed by atoms with E-state index in [-0.39, 0.29) is 18.7 Å². The van der Waals surface area contributed by atoms with Crippen LogP contribution in [0.3, 0.4) is 0 Å². The minimum atomic E-state index is -0.173. The van der Waals surface area contributed by atoms with Crippen molar-refractivity contribution in [2.75, 3.05) is 0 Å². The van der Waals surface area contributed by atoms with Crippen molar-refractivity contribution < 1.29 is 9.53 Å². The Morgan fingerprint density at radius 3 is 2.74 bits per heavy atom. The molecule has 1 aromatic carbocycles. The molecule has 1 aromatic heterocycles. The number of benzene rings is 1. The number of nitrogens with one attached hydrogen (secondary N) is 1. The molecule has 0 atom stereocenters. The summed E-state index contributed by atoms with van der Waals surface area (Å²) in [4.78, 5) is 11.7. The molecule has 1 N–H and O–H groups in total. The average Bonchev–Trinajstić information content (AvgIpc) is 2.86. The van der Waals surface area contributed by atoms with Crippen LogP contribution >= 0.6 is 0 Å². The van der Waals surface area contributed by atoms with E-state index < -0.39 is 0 Å². The maximum absolute atomic E-state index is 11.7. The predicted octanol–water partition coefficient (Wildman–Crippen LogP) is 2.06. The topological polar surface area (TPSA) is 56.2 Å². The highest BCUT2D eigenvalue weighted by molar-refractivity contribution is 5.92. The van der Waals surface area contributed by atoms with E-state index in [9.17, 15) is 4.79 Å². The van der Waals surface area contributed by atoms with Gasteiger partial charge in [-0.2, -0.15) is 5.10 Å². The number of hydrogen-bond acceptors (Lipinski definition) is 3. The first-order valence-electron chi connectivity index (χ1n) is 6.17. The summed E-state index contributed by atoms with van der Waals surface area (Å²) in [7, 11) is 0. The molecule has 5 heteroatoms. The molecule has 0 radical (unpaired) electrons. The van der Waals surface area contributed by atoms with Crippen molar-refractivity contribution in [2.45, 2.75) is 26.6 Å². The minimum absolute atomic E-state index is 0.0956. The van der Waals surface area contributed by atoms with Crippen molar-refractivity contribution in [1.29, 1.82) is 0 Å². The van der Waals surface area contributed by atoms with Gasteiger partial charge in [-0.15, -0.1) is 0 Å². The second-order valence-electron chi connectivity index (χ2n) is 4.46. The number of nitrogens with zero attached hydrogens (tertiary/aromatic N) is 2. The number of carbonyl (C=O) groups is 1. The molecule has 100 valence electrons. The van der Waals surface area contributed by atoms with Crippen LogP contribution < -0.4 is 10.1 Å². The monoisotopic (exact) mass is 259 g/mol. The van der Waals surface area contributed by atoms with E-state index in [4.69, 9.17) is 4.74 Å². The summed E-state index contributed by atoms with van der Waals surface area (Å²) in [6.45, 7) is 4.10. The fourth-order valence-corrected chi connectivity index (χ4v) is 1.55. The van der Waals surface area contributed by atoms with Crippen molar-refractivity contribution >= 4 is 5.91 Å². The Kier molecular flexibility index (Phi) is 4.18. The number of amides is 1. The smallest absolute Gasteiger partial charge is 0.271 e. The quantitative estimate of drug-likeness (QED) is 0.894. The molecule has 0 aliphatic carbocycles. The van der Waals surface area contributed by atoms with E-state index in [0.717, 1.165) is 5.75 Å². The lowest BCUT2D eigenvalue weighted by Gasteiger charge is -2.06. The number of aromatic nitrogens is 2. The van der Waals surface area contributed by atoms with Crippen LogP contribution in [0.1, 0.15) is 24.3 Å². The Morgan fingerprint density at radius 1 is 1.32 bits per heavy atom. The summed E-state index contributed by atoms with van der Waals surface area (Å²) in [6, 6.07) is 11.2. The number of para-hydroxylation sites is 1. The van der Waals surface area contributed by atoms with Crippen LogP contribution in [0.15, 0.2) is 42.6 Å². The highest BCUT2D eigenvalue weighted by Crippen LogP contribution is 2.09. The third-order valence-electron chi connectivity index (χ3n) is 2.40. The third kappa shape index (κ3) is 3.84. The van der Waals surface area contributed by atoms with Gasteiger partial charge in [0.15, 0.2) is 6.73 Å². The molecule has 1 amide bonds. The van der Waals surface area contributed by atoms with E-state index >= 15 is 0 Å². The summed E-state index contributed by atoms with van der Waals surface area (Å²) in [6.07, 6.45) is 1.72. The first-order chi connectivity index (χ1) is 9.15. The van der Waals surface area contributed by atoms with Gasteiger partial charge in [-0.25, -0.2) is 4.68 Å². The number of rotatable bonds is 5. The molecule has 0 fully saturated rings. The highest BCUT2D eigenvalue weighted by Gasteiger charge is 2.10. The Morgan fingerprint density at radius 2 is 2.05 bits per heavy atom. The molecule has 0 aliphatic heterocycles. The lowest BCUT2D eigenvalue weighted by molar-refractivity contribution is 0.0936. The number of hydrogen-bond donors (Lipinski definition) is 1. The van der Waals surface area contributed by atoms with Gasteiger partial charge in [0.05, 0.1) is 0 Å². The summed E-state index contributed by atoms with van der Waals surface area (Å²) >= 11 is 0. The fourth-order valence-electron chi connectivity index (χ4n) is 1.55. The molecular weight excluding hydrogens is 242 g/mol. The lowest BCUT2D eigenvalue weighted by Crippen LogP contribution is -2.30. The highest BCUT2D eigenvalue weighted by atomic mass is 16.5. The first kappa shape index (κ1) is 13.1. The van der Waals surface area contributed by atoms with Gasteiger partial charge in [-0.05, 0) is 32.0 Å². The normalized spacial score (nSPS) is 10.5. The van der Waals surface area contributed by atoms with Crippen LogP contribution in [0, 0.1) is 0 Å². The molecule has 5 nitrogen and oxygen atoms in total. The van der Waals surface area contributed by atoms with Gasteiger partial charge in [0.2, 0.25) is 0 Å². The summed E-state index contributed by atoms with van der Waals surface area (Å²) in [5.41, 5.74) is 0.394. The van der Waals surface area contributed by atoms with Gasteiger partial charge >= 0.3 is 0 Å². The lowest BCUT2D eigenvalue weighted by atomic mass is 10.3. The Labute approximate surface area is 112 Å². The Bertz CT molecular complexity index is 535. The molecule has 0 spiro atoms. The average molecular weight is 259 g/mol. The Balaban J connectivity index is 1.92. The molecule has 0 saturated heterocycles. The van der Waals surface area contributed by atoms with Gasteiger partial charge < -0.3 is 10.1 Å². The zero-order valence-electron chi connectivity index (χ0n) is 11.0. The van der Waals surface area contributed by atoms with E-state index in [1.165, 1.54) is 0 Å².